The van der Waals surface area contributed by atoms with Gasteiger partial charge in [0.15, 0.2) is 5.78 Å². The molecule has 2 heteroatoms. The van der Waals surface area contributed by atoms with Gasteiger partial charge in [-0.3, -0.25) is 4.79 Å². The van der Waals surface area contributed by atoms with Crippen LogP contribution >= 0.6 is 0 Å². The minimum absolute atomic E-state index is 0.0510. The number of carbonyl (C=O) groups excluding carboxylic acids is 1. The van der Waals surface area contributed by atoms with Crippen molar-refractivity contribution in [3.8, 4) is 0 Å². The lowest BCUT2D eigenvalue weighted by atomic mass is 9.79. The van der Waals surface area contributed by atoms with E-state index in [1.165, 1.54) is 0 Å². The Bertz CT molecular complexity index is 281. The molecule has 0 aliphatic heterocycles. The largest absolute Gasteiger partial charge is 0.511 e. The highest BCUT2D eigenvalue weighted by Gasteiger charge is 2.29. The summed E-state index contributed by atoms with van der Waals surface area (Å²) in [7, 11) is 0. The Hall–Kier alpha value is -0.790. The third-order valence-corrected chi connectivity index (χ3v) is 4.21. The first-order chi connectivity index (χ1) is 7.87. The van der Waals surface area contributed by atoms with Gasteiger partial charge in [0.05, 0.1) is 0 Å². The van der Waals surface area contributed by atoms with Crippen LogP contribution in [0.1, 0.15) is 67.2 Å². The average molecular weight is 240 g/mol. The van der Waals surface area contributed by atoms with E-state index in [2.05, 4.69) is 13.8 Å². The zero-order chi connectivity index (χ0) is 13.6. The molecule has 0 amide bonds. The van der Waals surface area contributed by atoms with Crippen molar-refractivity contribution >= 4 is 5.78 Å². The second-order valence-electron chi connectivity index (χ2n) is 5.12. The van der Waals surface area contributed by atoms with Gasteiger partial charge in [-0.15, -0.1) is 0 Å². The number of hydrogen-bond donors (Lipinski definition) is 1. The van der Waals surface area contributed by atoms with Crippen molar-refractivity contribution in [2.75, 3.05) is 0 Å². The second kappa shape index (κ2) is 6.83. The molecule has 100 valence electrons. The first kappa shape index (κ1) is 16.2. The van der Waals surface area contributed by atoms with E-state index >= 15 is 0 Å². The molecule has 0 saturated heterocycles. The zero-order valence-electron chi connectivity index (χ0n) is 12.3. The highest BCUT2D eigenvalue weighted by Crippen LogP contribution is 2.35. The van der Waals surface area contributed by atoms with Gasteiger partial charge in [0.1, 0.15) is 5.76 Å². The van der Waals surface area contributed by atoms with Crippen molar-refractivity contribution in [3.63, 3.8) is 0 Å². The number of aliphatic hydroxyl groups is 1. The molecule has 0 bridgehead atoms. The smallest absolute Gasteiger partial charge is 0.164 e. The Morgan fingerprint density at radius 3 is 1.82 bits per heavy atom. The zero-order valence-corrected chi connectivity index (χ0v) is 12.3. The number of ketones is 1. The van der Waals surface area contributed by atoms with Crippen LogP contribution in [0.4, 0.5) is 0 Å². The van der Waals surface area contributed by atoms with Crippen LogP contribution in [0.3, 0.4) is 0 Å². The summed E-state index contributed by atoms with van der Waals surface area (Å²) in [5, 5.41) is 10.3. The average Bonchev–Trinajstić information content (AvgIpc) is 2.37. The molecule has 0 heterocycles. The van der Waals surface area contributed by atoms with Crippen LogP contribution in [0.5, 0.6) is 0 Å². The highest BCUT2D eigenvalue weighted by molar-refractivity contribution is 5.97. The summed E-state index contributed by atoms with van der Waals surface area (Å²) in [5.74, 6) is 0.454. The van der Waals surface area contributed by atoms with Crippen LogP contribution in [0, 0.1) is 11.3 Å². The van der Waals surface area contributed by atoms with Crippen LogP contribution < -0.4 is 0 Å². The van der Waals surface area contributed by atoms with Crippen molar-refractivity contribution < 1.29 is 9.90 Å². The number of rotatable bonds is 7. The Morgan fingerprint density at radius 1 is 1.12 bits per heavy atom. The van der Waals surface area contributed by atoms with E-state index in [1.807, 2.05) is 20.8 Å². The highest BCUT2D eigenvalue weighted by atomic mass is 16.3. The minimum Gasteiger partial charge on any atom is -0.511 e. The lowest BCUT2D eigenvalue weighted by molar-refractivity contribution is -0.119. The maximum absolute atomic E-state index is 12.2. The molecule has 0 radical (unpaired) electrons. The SMILES string of the molecule is CCC(CC)C(=O)/C(C)=C(\O)C(C)(CC)CC. The molecular formula is C15H28O2. The molecular weight excluding hydrogens is 212 g/mol. The molecule has 0 saturated carbocycles. The van der Waals surface area contributed by atoms with E-state index < -0.39 is 0 Å². The van der Waals surface area contributed by atoms with Gasteiger partial charge >= 0.3 is 0 Å². The molecule has 0 aliphatic carbocycles. The van der Waals surface area contributed by atoms with E-state index in [0.717, 1.165) is 25.7 Å². The van der Waals surface area contributed by atoms with E-state index in [1.54, 1.807) is 6.92 Å². The maximum Gasteiger partial charge on any atom is 0.164 e. The predicted octanol–water partition coefficient (Wildman–Crippen LogP) is 4.65. The van der Waals surface area contributed by atoms with Gasteiger partial charge in [0.25, 0.3) is 0 Å². The Balaban J connectivity index is 5.23. The molecule has 2 nitrogen and oxygen atoms in total. The van der Waals surface area contributed by atoms with E-state index in [4.69, 9.17) is 0 Å². The first-order valence-corrected chi connectivity index (χ1v) is 6.82. The van der Waals surface area contributed by atoms with Gasteiger partial charge < -0.3 is 5.11 Å². The summed E-state index contributed by atoms with van der Waals surface area (Å²) in [6, 6.07) is 0. The molecule has 1 N–H and O–H groups in total. The normalized spacial score (nSPS) is 13.8. The van der Waals surface area contributed by atoms with Gasteiger partial charge in [-0.05, 0) is 32.6 Å². The minimum atomic E-state index is -0.258. The summed E-state index contributed by atoms with van der Waals surface area (Å²) < 4.78 is 0. The lowest BCUT2D eigenvalue weighted by Gasteiger charge is -2.28. The molecule has 17 heavy (non-hydrogen) atoms. The van der Waals surface area contributed by atoms with E-state index in [-0.39, 0.29) is 17.1 Å². The van der Waals surface area contributed by atoms with Crippen LogP contribution in [-0.4, -0.2) is 10.9 Å². The number of hydrogen-bond acceptors (Lipinski definition) is 2. The molecule has 0 aromatic carbocycles. The molecule has 0 rings (SSSR count). The maximum atomic E-state index is 12.2. The quantitative estimate of drug-likeness (QED) is 0.519. The summed E-state index contributed by atoms with van der Waals surface area (Å²) in [6.07, 6.45) is 3.38. The Kier molecular flexibility index (Phi) is 6.51. The van der Waals surface area contributed by atoms with Crippen LogP contribution in [0.25, 0.3) is 0 Å². The number of allylic oxidation sites excluding steroid dienone is 2. The number of carbonyl (C=O) groups is 1. The van der Waals surface area contributed by atoms with Crippen LogP contribution in [-0.2, 0) is 4.79 Å². The second-order valence-corrected chi connectivity index (χ2v) is 5.12. The molecule has 0 aromatic rings. The molecule has 0 fully saturated rings. The standard InChI is InChI=1S/C15H28O2/c1-7-12(8-2)13(16)11(5)14(17)15(6,9-3)10-4/h12,17H,7-10H2,1-6H3/b14-11-. The van der Waals surface area contributed by atoms with Gasteiger partial charge in [-0.25, -0.2) is 0 Å². The van der Waals surface area contributed by atoms with Crippen LogP contribution in [0.15, 0.2) is 11.3 Å². The summed E-state index contributed by atoms with van der Waals surface area (Å²) in [6.45, 7) is 11.9. The summed E-state index contributed by atoms with van der Waals surface area (Å²) in [5.41, 5.74) is 0.302. The molecule has 0 atom stereocenters. The van der Waals surface area contributed by atoms with Gasteiger partial charge in [0.2, 0.25) is 0 Å². The number of aliphatic hydroxyl groups excluding tert-OH is 1. The third-order valence-electron chi connectivity index (χ3n) is 4.21. The lowest BCUT2D eigenvalue weighted by Crippen LogP contribution is -2.23. The third kappa shape index (κ3) is 3.58. The van der Waals surface area contributed by atoms with Crippen molar-refractivity contribution in [3.05, 3.63) is 11.3 Å². The molecule has 0 aliphatic rings. The fraction of sp³-hybridized carbons (Fsp3) is 0.800. The van der Waals surface area contributed by atoms with Gasteiger partial charge in [-0.2, -0.15) is 0 Å². The Morgan fingerprint density at radius 2 is 1.53 bits per heavy atom. The van der Waals surface area contributed by atoms with Crippen molar-refractivity contribution in [1.82, 2.24) is 0 Å². The van der Waals surface area contributed by atoms with E-state index in [9.17, 15) is 9.90 Å². The van der Waals surface area contributed by atoms with E-state index in [0.29, 0.717) is 11.3 Å². The van der Waals surface area contributed by atoms with Crippen molar-refractivity contribution in [2.24, 2.45) is 11.3 Å². The van der Waals surface area contributed by atoms with Gasteiger partial charge in [0, 0.05) is 16.9 Å². The fourth-order valence-corrected chi connectivity index (χ4v) is 2.12. The first-order valence-electron chi connectivity index (χ1n) is 6.82. The predicted molar refractivity (Wildman–Crippen MR) is 73.1 cm³/mol. The topological polar surface area (TPSA) is 37.3 Å². The molecule has 0 spiro atoms. The number of Topliss-reactive ketones (excluding diaryl/α,β-unsaturated/α-hetero) is 1. The fourth-order valence-electron chi connectivity index (χ4n) is 2.12. The van der Waals surface area contributed by atoms with Crippen molar-refractivity contribution in [2.45, 2.75) is 67.2 Å². The van der Waals surface area contributed by atoms with Crippen molar-refractivity contribution in [1.29, 1.82) is 0 Å². The molecule has 0 aromatic heterocycles. The summed E-state index contributed by atoms with van der Waals surface area (Å²) >= 11 is 0. The summed E-state index contributed by atoms with van der Waals surface area (Å²) in [4.78, 5) is 12.2. The monoisotopic (exact) mass is 240 g/mol. The Labute approximate surface area is 106 Å². The van der Waals surface area contributed by atoms with Gasteiger partial charge in [-0.1, -0.05) is 34.6 Å². The van der Waals surface area contributed by atoms with Crippen LogP contribution in [0.2, 0.25) is 0 Å². The molecule has 0 unspecified atom stereocenters.